The fraction of sp³-hybridized carbons (Fsp3) is 0.286. The highest BCUT2D eigenvalue weighted by Gasteiger charge is 1.91. The minimum atomic E-state index is 0.576. The van der Waals surface area contributed by atoms with Crippen molar-refractivity contribution in [3.05, 3.63) is 51.9 Å². The molecule has 2 N–H and O–H groups in total. The maximum absolute atomic E-state index is 5.64. The molecule has 0 saturated carbocycles. The Morgan fingerprint density at radius 2 is 1.33 bits per heavy atom. The van der Waals surface area contributed by atoms with Gasteiger partial charge in [0.25, 0.3) is 0 Å². The molecule has 96 valence electrons. The maximum atomic E-state index is 5.64. The van der Waals surface area contributed by atoms with Crippen molar-refractivity contribution in [2.45, 2.75) is 27.7 Å². The number of halogens is 1. The summed E-state index contributed by atoms with van der Waals surface area (Å²) >= 11 is 5.64. The predicted octanol–water partition coefficient (Wildman–Crippen LogP) is 3.63. The molecule has 0 aromatic carbocycles. The SMILES string of the molecule is Cc1cc(C)nc(Cl)c1.Cc1cc(C)nc(N)c1. The number of aryl methyl sites for hydroxylation is 4. The summed E-state index contributed by atoms with van der Waals surface area (Å²) in [6, 6.07) is 7.68. The first-order valence-corrected chi connectivity index (χ1v) is 6.06. The highest BCUT2D eigenvalue weighted by molar-refractivity contribution is 6.29. The van der Waals surface area contributed by atoms with Gasteiger partial charge in [0.05, 0.1) is 0 Å². The van der Waals surface area contributed by atoms with Crippen LogP contribution in [0.15, 0.2) is 24.3 Å². The van der Waals surface area contributed by atoms with Crippen LogP contribution in [0, 0.1) is 27.7 Å². The smallest absolute Gasteiger partial charge is 0.129 e. The molecule has 0 bridgehead atoms. The monoisotopic (exact) mass is 263 g/mol. The number of nitrogens with two attached hydrogens (primary N) is 1. The first-order chi connectivity index (χ1) is 8.36. The van der Waals surface area contributed by atoms with Crippen molar-refractivity contribution in [2.24, 2.45) is 0 Å². The third-order valence-corrected chi connectivity index (χ3v) is 2.38. The van der Waals surface area contributed by atoms with Gasteiger partial charge < -0.3 is 5.73 Å². The maximum Gasteiger partial charge on any atom is 0.129 e. The lowest BCUT2D eigenvalue weighted by Crippen LogP contribution is -1.92. The van der Waals surface area contributed by atoms with Crippen molar-refractivity contribution >= 4 is 17.4 Å². The molecule has 0 radical (unpaired) electrons. The molecule has 0 saturated heterocycles. The summed E-state index contributed by atoms with van der Waals surface area (Å²) in [7, 11) is 0. The van der Waals surface area contributed by atoms with Gasteiger partial charge in [-0.3, -0.25) is 0 Å². The Bertz CT molecular complexity index is 388. The van der Waals surface area contributed by atoms with Crippen LogP contribution >= 0.6 is 11.6 Å². The first kappa shape index (κ1) is 14.5. The van der Waals surface area contributed by atoms with Gasteiger partial charge in [0.15, 0.2) is 0 Å². The summed E-state index contributed by atoms with van der Waals surface area (Å²) in [5.41, 5.74) is 9.73. The standard InChI is InChI=1S/C7H8ClN.C7H10N2/c2*1-5-3-6(2)9-7(8)4-5/h3-4H,1-2H3;3-4H,1-2H3,(H2,8,9). The third kappa shape index (κ3) is 5.15. The lowest BCUT2D eigenvalue weighted by Gasteiger charge is -1.96. The van der Waals surface area contributed by atoms with Crippen LogP contribution in [0.5, 0.6) is 0 Å². The zero-order chi connectivity index (χ0) is 13.7. The van der Waals surface area contributed by atoms with Crippen LogP contribution in [0.2, 0.25) is 5.15 Å². The molecule has 2 aromatic rings. The average molecular weight is 264 g/mol. The normalized spacial score (nSPS) is 9.61. The molecule has 18 heavy (non-hydrogen) atoms. The zero-order valence-electron chi connectivity index (χ0n) is 11.2. The molecule has 0 aliphatic heterocycles. The quantitative estimate of drug-likeness (QED) is 0.739. The minimum absolute atomic E-state index is 0.576. The number of hydrogen-bond donors (Lipinski definition) is 1. The van der Waals surface area contributed by atoms with Gasteiger partial charge in [-0.1, -0.05) is 11.6 Å². The molecule has 2 rings (SSSR count). The van der Waals surface area contributed by atoms with E-state index in [0.717, 1.165) is 17.0 Å². The Hall–Kier alpha value is -1.61. The van der Waals surface area contributed by atoms with Crippen LogP contribution in [0.3, 0.4) is 0 Å². The van der Waals surface area contributed by atoms with E-state index in [2.05, 4.69) is 9.97 Å². The molecular formula is C14H18ClN3. The van der Waals surface area contributed by atoms with Gasteiger partial charge in [-0.05, 0) is 63.1 Å². The predicted molar refractivity (Wildman–Crippen MR) is 76.8 cm³/mol. The Labute approximate surface area is 113 Å². The van der Waals surface area contributed by atoms with Gasteiger partial charge >= 0.3 is 0 Å². The van der Waals surface area contributed by atoms with E-state index in [-0.39, 0.29) is 0 Å². The van der Waals surface area contributed by atoms with Crippen molar-refractivity contribution in [3.8, 4) is 0 Å². The number of nitrogens with zero attached hydrogens (tertiary/aromatic N) is 2. The van der Waals surface area contributed by atoms with Crippen LogP contribution in [0.1, 0.15) is 22.5 Å². The summed E-state index contributed by atoms with van der Waals surface area (Å²) in [5, 5.41) is 0.576. The Morgan fingerprint density at radius 1 is 0.833 bits per heavy atom. The molecule has 4 heteroatoms. The third-order valence-electron chi connectivity index (χ3n) is 2.18. The number of rotatable bonds is 0. The second kappa shape index (κ2) is 6.36. The van der Waals surface area contributed by atoms with Crippen LogP contribution in [-0.2, 0) is 0 Å². The van der Waals surface area contributed by atoms with E-state index in [1.807, 2.05) is 52.0 Å². The summed E-state index contributed by atoms with van der Waals surface area (Å²) in [6.07, 6.45) is 0. The fourth-order valence-electron chi connectivity index (χ4n) is 1.66. The number of anilines is 1. The lowest BCUT2D eigenvalue weighted by molar-refractivity contribution is 1.18. The van der Waals surface area contributed by atoms with E-state index in [9.17, 15) is 0 Å². The second-order valence-electron chi connectivity index (χ2n) is 4.32. The Balaban J connectivity index is 0.000000180. The largest absolute Gasteiger partial charge is 0.384 e. The minimum Gasteiger partial charge on any atom is -0.384 e. The number of hydrogen-bond acceptors (Lipinski definition) is 3. The highest BCUT2D eigenvalue weighted by Crippen LogP contribution is 2.08. The fourth-order valence-corrected chi connectivity index (χ4v) is 1.97. The van der Waals surface area contributed by atoms with Crippen molar-refractivity contribution in [1.29, 1.82) is 0 Å². The summed E-state index contributed by atoms with van der Waals surface area (Å²) in [4.78, 5) is 8.01. The summed E-state index contributed by atoms with van der Waals surface area (Å²) < 4.78 is 0. The van der Waals surface area contributed by atoms with E-state index < -0.39 is 0 Å². The van der Waals surface area contributed by atoms with Gasteiger partial charge in [0, 0.05) is 11.4 Å². The topological polar surface area (TPSA) is 51.8 Å². The van der Waals surface area contributed by atoms with Crippen molar-refractivity contribution in [3.63, 3.8) is 0 Å². The van der Waals surface area contributed by atoms with Gasteiger partial charge in [0.1, 0.15) is 11.0 Å². The van der Waals surface area contributed by atoms with E-state index >= 15 is 0 Å². The first-order valence-electron chi connectivity index (χ1n) is 5.68. The molecule has 2 aromatic heterocycles. The van der Waals surface area contributed by atoms with Gasteiger partial charge in [-0.15, -0.1) is 0 Å². The Morgan fingerprint density at radius 3 is 1.72 bits per heavy atom. The lowest BCUT2D eigenvalue weighted by atomic mass is 10.2. The van der Waals surface area contributed by atoms with E-state index in [4.69, 9.17) is 17.3 Å². The molecule has 2 heterocycles. The van der Waals surface area contributed by atoms with Crippen LogP contribution < -0.4 is 5.73 Å². The van der Waals surface area contributed by atoms with Crippen LogP contribution in [0.25, 0.3) is 0 Å². The molecule has 0 spiro atoms. The average Bonchev–Trinajstić information content (AvgIpc) is 2.12. The van der Waals surface area contributed by atoms with Crippen LogP contribution in [0.4, 0.5) is 5.82 Å². The van der Waals surface area contributed by atoms with Crippen molar-refractivity contribution < 1.29 is 0 Å². The number of pyridine rings is 2. The van der Waals surface area contributed by atoms with Crippen LogP contribution in [-0.4, -0.2) is 9.97 Å². The van der Waals surface area contributed by atoms with Crippen molar-refractivity contribution in [2.75, 3.05) is 5.73 Å². The van der Waals surface area contributed by atoms with E-state index in [1.165, 1.54) is 5.56 Å². The molecule has 0 unspecified atom stereocenters. The molecule has 0 aliphatic rings. The molecule has 0 fully saturated rings. The number of nitrogen functional groups attached to an aromatic ring is 1. The van der Waals surface area contributed by atoms with E-state index in [0.29, 0.717) is 11.0 Å². The van der Waals surface area contributed by atoms with Gasteiger partial charge in [0.2, 0.25) is 0 Å². The molecule has 0 aliphatic carbocycles. The molecule has 0 atom stereocenters. The molecule has 0 amide bonds. The highest BCUT2D eigenvalue weighted by atomic mass is 35.5. The number of aromatic nitrogens is 2. The Kier molecular flexibility index (Phi) is 5.10. The zero-order valence-corrected chi connectivity index (χ0v) is 11.9. The molecule has 3 nitrogen and oxygen atoms in total. The van der Waals surface area contributed by atoms with Gasteiger partial charge in [-0.25, -0.2) is 9.97 Å². The van der Waals surface area contributed by atoms with E-state index in [1.54, 1.807) is 0 Å². The summed E-state index contributed by atoms with van der Waals surface area (Å²) in [5.74, 6) is 0.604. The summed E-state index contributed by atoms with van der Waals surface area (Å²) in [6.45, 7) is 7.87. The van der Waals surface area contributed by atoms with Gasteiger partial charge in [-0.2, -0.15) is 0 Å². The molecular weight excluding hydrogens is 246 g/mol. The second-order valence-corrected chi connectivity index (χ2v) is 4.71. The van der Waals surface area contributed by atoms with Crippen molar-refractivity contribution in [1.82, 2.24) is 9.97 Å².